The molecule has 0 spiro atoms. The van der Waals surface area contributed by atoms with E-state index in [1.54, 1.807) is 14.2 Å². The summed E-state index contributed by atoms with van der Waals surface area (Å²) >= 11 is 0. The molecule has 0 radical (unpaired) electrons. The monoisotopic (exact) mass is 374 g/mol. The molecular weight excluding hydrogens is 352 g/mol. The zero-order chi connectivity index (χ0) is 19.8. The Morgan fingerprint density at radius 2 is 1.18 bits per heavy atom. The molecule has 142 valence electrons. The lowest BCUT2D eigenvalue weighted by molar-refractivity contribution is 0.256. The van der Waals surface area contributed by atoms with Gasteiger partial charge in [-0.05, 0) is 53.6 Å². The maximum atomic E-state index is 5.98. The molecule has 0 N–H and O–H groups in total. The van der Waals surface area contributed by atoms with Gasteiger partial charge in [0.1, 0.15) is 24.7 Å². The smallest absolute Gasteiger partial charge is 0.162 e. The van der Waals surface area contributed by atoms with E-state index in [9.17, 15) is 0 Å². The molecule has 0 aliphatic heterocycles. The van der Waals surface area contributed by atoms with Gasteiger partial charge >= 0.3 is 0 Å². The van der Waals surface area contributed by atoms with Crippen LogP contribution in [0.5, 0.6) is 23.0 Å². The van der Waals surface area contributed by atoms with Crippen molar-refractivity contribution in [3.8, 4) is 35.3 Å². The normalized spacial score (nSPS) is 10.0. The number of benzene rings is 3. The highest BCUT2D eigenvalue weighted by Crippen LogP contribution is 2.30. The van der Waals surface area contributed by atoms with E-state index in [-0.39, 0.29) is 0 Å². The van der Waals surface area contributed by atoms with Gasteiger partial charge in [0, 0.05) is 5.56 Å². The van der Waals surface area contributed by atoms with Crippen molar-refractivity contribution in [2.24, 2.45) is 0 Å². The molecule has 3 aromatic carbocycles. The van der Waals surface area contributed by atoms with E-state index in [1.165, 1.54) is 0 Å². The van der Waals surface area contributed by atoms with E-state index in [0.29, 0.717) is 24.7 Å². The Kier molecular flexibility index (Phi) is 6.43. The third kappa shape index (κ3) is 4.99. The van der Waals surface area contributed by atoms with Gasteiger partial charge in [-0.3, -0.25) is 0 Å². The largest absolute Gasteiger partial charge is 0.497 e. The van der Waals surface area contributed by atoms with Gasteiger partial charge in [-0.15, -0.1) is 6.42 Å². The minimum Gasteiger partial charge on any atom is -0.497 e. The van der Waals surface area contributed by atoms with Crippen molar-refractivity contribution in [1.82, 2.24) is 0 Å². The van der Waals surface area contributed by atoms with Crippen LogP contribution >= 0.6 is 0 Å². The summed E-state index contributed by atoms with van der Waals surface area (Å²) in [5, 5.41) is 0. The van der Waals surface area contributed by atoms with Crippen LogP contribution in [0, 0.1) is 12.3 Å². The first kappa shape index (κ1) is 19.2. The van der Waals surface area contributed by atoms with Gasteiger partial charge in [0.25, 0.3) is 0 Å². The van der Waals surface area contributed by atoms with E-state index >= 15 is 0 Å². The van der Waals surface area contributed by atoms with Gasteiger partial charge in [0.15, 0.2) is 11.5 Å². The van der Waals surface area contributed by atoms with Gasteiger partial charge in [-0.2, -0.15) is 0 Å². The fourth-order valence-corrected chi connectivity index (χ4v) is 2.60. The molecule has 0 heterocycles. The van der Waals surface area contributed by atoms with Crippen LogP contribution in [0.4, 0.5) is 0 Å². The van der Waals surface area contributed by atoms with E-state index in [2.05, 4.69) is 5.92 Å². The number of terminal acetylenes is 1. The zero-order valence-electron chi connectivity index (χ0n) is 16.0. The summed E-state index contributed by atoms with van der Waals surface area (Å²) in [6, 6.07) is 20.9. The highest BCUT2D eigenvalue weighted by atomic mass is 16.5. The summed E-state index contributed by atoms with van der Waals surface area (Å²) in [5.74, 6) is 5.50. The van der Waals surface area contributed by atoms with Crippen molar-refractivity contribution in [2.75, 3.05) is 14.2 Å². The third-order valence-corrected chi connectivity index (χ3v) is 4.22. The van der Waals surface area contributed by atoms with Gasteiger partial charge in [-0.25, -0.2) is 0 Å². The van der Waals surface area contributed by atoms with Crippen molar-refractivity contribution in [3.05, 3.63) is 83.4 Å². The average molecular weight is 374 g/mol. The Balaban J connectivity index is 1.70. The molecule has 0 amide bonds. The number of methoxy groups -OCH3 is 2. The minimum atomic E-state index is 0.400. The first-order chi connectivity index (χ1) is 13.7. The standard InChI is InChI=1S/C24H22O4/c1-4-18-9-14-23(27-16-19-5-10-21(25-2)11-6-19)24(15-18)28-17-20-7-12-22(26-3)13-8-20/h1,5-15H,16-17H2,2-3H3. The highest BCUT2D eigenvalue weighted by Gasteiger charge is 2.08. The van der Waals surface area contributed by atoms with Crippen molar-refractivity contribution >= 4 is 0 Å². The summed E-state index contributed by atoms with van der Waals surface area (Å²) in [6.45, 7) is 0.815. The molecule has 0 aromatic heterocycles. The Hall–Kier alpha value is -3.58. The van der Waals surface area contributed by atoms with Crippen LogP contribution in [0.3, 0.4) is 0 Å². The van der Waals surface area contributed by atoms with Crippen molar-refractivity contribution in [3.63, 3.8) is 0 Å². The van der Waals surface area contributed by atoms with Gasteiger partial charge < -0.3 is 18.9 Å². The van der Waals surface area contributed by atoms with Crippen LogP contribution in [-0.2, 0) is 13.2 Å². The van der Waals surface area contributed by atoms with E-state index in [0.717, 1.165) is 28.2 Å². The molecule has 3 aromatic rings. The Labute approximate surface area is 165 Å². The molecule has 0 atom stereocenters. The van der Waals surface area contributed by atoms with Crippen LogP contribution in [0.15, 0.2) is 66.7 Å². The molecule has 4 nitrogen and oxygen atoms in total. The second-order valence-electron chi connectivity index (χ2n) is 6.08. The molecule has 3 rings (SSSR count). The molecule has 0 saturated carbocycles. The fourth-order valence-electron chi connectivity index (χ4n) is 2.60. The van der Waals surface area contributed by atoms with Gasteiger partial charge in [0.05, 0.1) is 14.2 Å². The Morgan fingerprint density at radius 1 is 0.679 bits per heavy atom. The highest BCUT2D eigenvalue weighted by molar-refractivity contribution is 5.48. The average Bonchev–Trinajstić information content (AvgIpc) is 2.77. The van der Waals surface area contributed by atoms with E-state index < -0.39 is 0 Å². The second kappa shape index (κ2) is 9.38. The lowest BCUT2D eigenvalue weighted by Gasteiger charge is -2.14. The van der Waals surface area contributed by atoms with Crippen LogP contribution in [0.1, 0.15) is 16.7 Å². The first-order valence-electron chi connectivity index (χ1n) is 8.84. The van der Waals surface area contributed by atoms with E-state index in [1.807, 2.05) is 66.7 Å². The van der Waals surface area contributed by atoms with Gasteiger partial charge in [-0.1, -0.05) is 30.2 Å². The maximum Gasteiger partial charge on any atom is 0.162 e. The minimum absolute atomic E-state index is 0.400. The Bertz CT molecular complexity index is 938. The lowest BCUT2D eigenvalue weighted by atomic mass is 10.2. The molecule has 0 saturated heterocycles. The number of ether oxygens (including phenoxy) is 4. The zero-order valence-corrected chi connectivity index (χ0v) is 16.0. The number of hydrogen-bond donors (Lipinski definition) is 0. The van der Waals surface area contributed by atoms with Crippen LogP contribution in [0.25, 0.3) is 0 Å². The topological polar surface area (TPSA) is 36.9 Å². The van der Waals surface area contributed by atoms with Crippen molar-refractivity contribution < 1.29 is 18.9 Å². The number of rotatable bonds is 8. The molecular formula is C24H22O4. The number of hydrogen-bond acceptors (Lipinski definition) is 4. The predicted octanol–water partition coefficient (Wildman–Crippen LogP) is 4.84. The van der Waals surface area contributed by atoms with Crippen LogP contribution in [0.2, 0.25) is 0 Å². The first-order valence-corrected chi connectivity index (χ1v) is 8.84. The maximum absolute atomic E-state index is 5.98. The summed E-state index contributed by atoms with van der Waals surface area (Å²) in [5.41, 5.74) is 2.79. The molecule has 0 unspecified atom stereocenters. The SMILES string of the molecule is C#Cc1ccc(OCc2ccc(OC)cc2)c(OCc2ccc(OC)cc2)c1. The van der Waals surface area contributed by atoms with E-state index in [4.69, 9.17) is 25.4 Å². The summed E-state index contributed by atoms with van der Waals surface area (Å²) < 4.78 is 22.3. The van der Waals surface area contributed by atoms with Crippen molar-refractivity contribution in [2.45, 2.75) is 13.2 Å². The molecule has 0 bridgehead atoms. The molecule has 0 aliphatic carbocycles. The summed E-state index contributed by atoms with van der Waals surface area (Å²) in [4.78, 5) is 0. The van der Waals surface area contributed by atoms with Crippen molar-refractivity contribution in [1.29, 1.82) is 0 Å². The molecule has 28 heavy (non-hydrogen) atoms. The molecule has 4 heteroatoms. The third-order valence-electron chi connectivity index (χ3n) is 4.22. The van der Waals surface area contributed by atoms with Crippen LogP contribution in [-0.4, -0.2) is 14.2 Å². The molecule has 0 fully saturated rings. The lowest BCUT2D eigenvalue weighted by Crippen LogP contribution is -2.01. The Morgan fingerprint density at radius 3 is 1.64 bits per heavy atom. The second-order valence-corrected chi connectivity index (χ2v) is 6.08. The quantitative estimate of drug-likeness (QED) is 0.529. The van der Waals surface area contributed by atoms with Crippen LogP contribution < -0.4 is 18.9 Å². The predicted molar refractivity (Wildman–Crippen MR) is 109 cm³/mol. The summed E-state index contributed by atoms with van der Waals surface area (Å²) in [7, 11) is 3.29. The fraction of sp³-hybridized carbons (Fsp3) is 0.167. The summed E-state index contributed by atoms with van der Waals surface area (Å²) in [6.07, 6.45) is 5.53. The van der Waals surface area contributed by atoms with Gasteiger partial charge in [0.2, 0.25) is 0 Å². The molecule has 0 aliphatic rings.